The summed E-state index contributed by atoms with van der Waals surface area (Å²) < 4.78 is 51.0. The quantitative estimate of drug-likeness (QED) is 0.0772. The summed E-state index contributed by atoms with van der Waals surface area (Å²) in [6, 6.07) is 9.01. The van der Waals surface area contributed by atoms with E-state index in [0.29, 0.717) is 11.1 Å². The van der Waals surface area contributed by atoms with Crippen LogP contribution >= 0.6 is 0 Å². The number of benzene rings is 2. The molecule has 2 aromatic rings. The van der Waals surface area contributed by atoms with Gasteiger partial charge in [0.25, 0.3) is 0 Å². The van der Waals surface area contributed by atoms with Crippen LogP contribution < -0.4 is 9.47 Å². The van der Waals surface area contributed by atoms with E-state index in [1.165, 1.54) is 58.4 Å². The van der Waals surface area contributed by atoms with Crippen molar-refractivity contribution in [3.63, 3.8) is 0 Å². The van der Waals surface area contributed by atoms with Gasteiger partial charge >= 0.3 is 5.97 Å². The molecule has 0 radical (unpaired) electrons. The number of rotatable bonds is 14. The first-order chi connectivity index (χ1) is 26.6. The van der Waals surface area contributed by atoms with Gasteiger partial charge in [0.2, 0.25) is 0 Å². The van der Waals surface area contributed by atoms with Crippen molar-refractivity contribution in [3.8, 4) is 23.0 Å². The molecule has 0 unspecified atom stereocenters. The number of methoxy groups -OCH3 is 2. The van der Waals surface area contributed by atoms with E-state index < -0.39 is 105 Å². The average molecular weight is 799 g/mol. The Morgan fingerprint density at radius 1 is 0.679 bits per heavy atom. The third kappa shape index (κ3) is 10.1. The number of hydrogen-bond acceptors (Lipinski definition) is 19. The first-order valence-electron chi connectivity index (χ1n) is 17.9. The number of hydrogen-bond donors (Lipinski definition) is 9. The maximum atomic E-state index is 13.4. The van der Waals surface area contributed by atoms with Crippen molar-refractivity contribution in [2.45, 2.75) is 112 Å². The fourth-order valence-electron chi connectivity index (χ4n) is 6.40. The average Bonchev–Trinajstić information content (AvgIpc) is 3.18. The highest BCUT2D eigenvalue weighted by atomic mass is 16.8. The molecular formula is C37H50O19. The molecule has 15 atom stereocenters. The Kier molecular flexibility index (Phi) is 14.9. The number of esters is 1. The molecule has 9 N–H and O–H groups in total. The van der Waals surface area contributed by atoms with Crippen LogP contribution in [0.3, 0.4) is 0 Å². The Morgan fingerprint density at radius 3 is 1.95 bits per heavy atom. The summed E-state index contributed by atoms with van der Waals surface area (Å²) in [4.78, 5) is 13.4. The molecule has 0 spiro atoms. The van der Waals surface area contributed by atoms with Crippen molar-refractivity contribution in [2.75, 3.05) is 27.4 Å². The molecule has 3 aliphatic heterocycles. The van der Waals surface area contributed by atoms with Crippen LogP contribution in [0.4, 0.5) is 0 Å². The minimum absolute atomic E-state index is 0.104. The first kappa shape index (κ1) is 43.5. The monoisotopic (exact) mass is 798 g/mol. The first-order valence-corrected chi connectivity index (χ1v) is 17.9. The van der Waals surface area contributed by atoms with Gasteiger partial charge in [-0.3, -0.25) is 0 Å². The van der Waals surface area contributed by atoms with Crippen LogP contribution in [0.2, 0.25) is 0 Å². The molecule has 3 heterocycles. The molecule has 0 bridgehead atoms. The molecule has 3 aliphatic rings. The Balaban J connectivity index is 1.43. The van der Waals surface area contributed by atoms with E-state index in [2.05, 4.69) is 0 Å². The zero-order valence-corrected chi connectivity index (χ0v) is 31.0. The summed E-state index contributed by atoms with van der Waals surface area (Å²) >= 11 is 0. The van der Waals surface area contributed by atoms with Gasteiger partial charge in [0.1, 0.15) is 54.9 Å². The largest absolute Gasteiger partial charge is 0.504 e. The molecule has 0 aromatic heterocycles. The van der Waals surface area contributed by atoms with Crippen molar-refractivity contribution < 1.29 is 93.4 Å². The smallest absolute Gasteiger partial charge is 0.331 e. The lowest BCUT2D eigenvalue weighted by Gasteiger charge is -2.47. The van der Waals surface area contributed by atoms with Gasteiger partial charge in [0, 0.05) is 6.08 Å². The highest BCUT2D eigenvalue weighted by Crippen LogP contribution is 2.33. The normalized spacial score (nSPS) is 36.3. The highest BCUT2D eigenvalue weighted by Gasteiger charge is 2.53. The van der Waals surface area contributed by atoms with E-state index in [0.717, 1.165) is 6.08 Å². The van der Waals surface area contributed by atoms with E-state index in [9.17, 15) is 50.8 Å². The number of aliphatic hydroxyl groups excluding tert-OH is 7. The van der Waals surface area contributed by atoms with Crippen molar-refractivity contribution in [2.24, 2.45) is 0 Å². The molecule has 5 rings (SSSR count). The standard InChI is InChI=1S/C37H50O19/c1-16-26(41)28(43)30(45)35(52-16)51-15-24-33(55-25(40)10-7-18-5-8-20(38)23(14-18)49-4)34(56-37-31(46)29(44)27(42)17(2)53-37)32(47)36(54-24)50-12-11-19-6-9-22(48-3)21(39)13-19/h5-10,13-14,16-17,24,26-39,41-47H,11-12,15H2,1-4H3/b10-7+/t16-,17-,24+,26-,27-,28+,29+,30+,31+,32+,33+,34+,35+,36+,37-/m0/s1. The Labute approximate surface area is 321 Å². The summed E-state index contributed by atoms with van der Waals surface area (Å²) in [5.41, 5.74) is 1.06. The van der Waals surface area contributed by atoms with Gasteiger partial charge in [0.15, 0.2) is 48.0 Å². The van der Waals surface area contributed by atoms with Gasteiger partial charge in [-0.1, -0.05) is 12.1 Å². The van der Waals surface area contributed by atoms with Crippen LogP contribution in [-0.2, 0) is 44.4 Å². The number of ether oxygens (including phenoxy) is 9. The molecule has 0 amide bonds. The zero-order chi connectivity index (χ0) is 40.8. The molecule has 3 saturated heterocycles. The molecule has 0 aliphatic carbocycles. The van der Waals surface area contributed by atoms with Crippen molar-refractivity contribution >= 4 is 12.0 Å². The lowest BCUT2D eigenvalue weighted by atomic mass is 9.96. The fraction of sp³-hybridized carbons (Fsp3) is 0.595. The predicted octanol–water partition coefficient (Wildman–Crippen LogP) is -1.56. The lowest BCUT2D eigenvalue weighted by Crippen LogP contribution is -2.65. The van der Waals surface area contributed by atoms with Crippen LogP contribution in [0.1, 0.15) is 25.0 Å². The van der Waals surface area contributed by atoms with Crippen LogP contribution in [0.25, 0.3) is 6.08 Å². The summed E-state index contributed by atoms with van der Waals surface area (Å²) in [7, 11) is 2.75. The second-order valence-corrected chi connectivity index (χ2v) is 13.6. The van der Waals surface area contributed by atoms with Crippen molar-refractivity contribution in [1.29, 1.82) is 0 Å². The summed E-state index contributed by atoms with van der Waals surface area (Å²) in [6.45, 7) is 2.19. The number of carbonyl (C=O) groups excluding carboxylic acids is 1. The van der Waals surface area contributed by atoms with E-state index in [4.69, 9.17) is 42.6 Å². The molecule has 3 fully saturated rings. The summed E-state index contributed by atoms with van der Waals surface area (Å²) in [5.74, 6) is -0.851. The third-order valence-corrected chi connectivity index (χ3v) is 9.73. The van der Waals surface area contributed by atoms with Gasteiger partial charge < -0.3 is 88.6 Å². The molecular weight excluding hydrogens is 748 g/mol. The van der Waals surface area contributed by atoms with Crippen LogP contribution in [0.15, 0.2) is 42.5 Å². The van der Waals surface area contributed by atoms with Gasteiger partial charge in [0.05, 0.1) is 39.6 Å². The maximum absolute atomic E-state index is 13.4. The Hall–Kier alpha value is -3.67. The molecule has 312 valence electrons. The van der Waals surface area contributed by atoms with Crippen LogP contribution in [-0.4, -0.2) is 171 Å². The van der Waals surface area contributed by atoms with Crippen LogP contribution in [0.5, 0.6) is 23.0 Å². The Morgan fingerprint density at radius 2 is 1.30 bits per heavy atom. The predicted molar refractivity (Wildman–Crippen MR) is 188 cm³/mol. The van der Waals surface area contributed by atoms with E-state index >= 15 is 0 Å². The number of phenols is 2. The number of aliphatic hydroxyl groups is 7. The van der Waals surface area contributed by atoms with Gasteiger partial charge in [-0.2, -0.15) is 0 Å². The zero-order valence-electron chi connectivity index (χ0n) is 31.0. The number of phenolic OH excluding ortho intramolecular Hbond substituents is 2. The molecule has 0 saturated carbocycles. The minimum atomic E-state index is -1.84. The number of carbonyl (C=O) groups is 1. The molecule has 19 nitrogen and oxygen atoms in total. The van der Waals surface area contributed by atoms with Crippen molar-refractivity contribution in [1.82, 2.24) is 0 Å². The molecule has 56 heavy (non-hydrogen) atoms. The van der Waals surface area contributed by atoms with Gasteiger partial charge in [-0.15, -0.1) is 0 Å². The number of aromatic hydroxyl groups is 2. The second-order valence-electron chi connectivity index (χ2n) is 13.6. The van der Waals surface area contributed by atoms with Crippen molar-refractivity contribution in [3.05, 3.63) is 53.6 Å². The summed E-state index contributed by atoms with van der Waals surface area (Å²) in [5, 5.41) is 94.6. The van der Waals surface area contributed by atoms with E-state index in [1.54, 1.807) is 12.1 Å². The summed E-state index contributed by atoms with van der Waals surface area (Å²) in [6.07, 6.45) is -20.5. The van der Waals surface area contributed by atoms with Gasteiger partial charge in [-0.25, -0.2) is 4.79 Å². The second kappa shape index (κ2) is 19.2. The van der Waals surface area contributed by atoms with E-state index in [-0.39, 0.29) is 36.0 Å². The van der Waals surface area contributed by atoms with Crippen LogP contribution in [0, 0.1) is 0 Å². The third-order valence-electron chi connectivity index (χ3n) is 9.73. The minimum Gasteiger partial charge on any atom is -0.504 e. The lowest BCUT2D eigenvalue weighted by molar-refractivity contribution is -0.363. The van der Waals surface area contributed by atoms with Gasteiger partial charge in [-0.05, 0) is 61.7 Å². The van der Waals surface area contributed by atoms with E-state index in [1.807, 2.05) is 0 Å². The SMILES string of the molecule is COc1ccc(CCO[C@@H]2O[C@H](CO[C@@H]3O[C@@H](C)[C@H](O)[C@@H](O)[C@H]3O)[C@@H](OC(=O)/C=C/c3ccc(O)c(OC)c3)[C@H](O[C@@H]3O[C@@H](C)[C@H](O)[C@@H](O)[C@H]3O)[C@H]2O)cc1O. The fourth-order valence-corrected chi connectivity index (χ4v) is 6.40. The maximum Gasteiger partial charge on any atom is 0.331 e. The highest BCUT2D eigenvalue weighted by molar-refractivity contribution is 5.87. The topological polar surface area (TPSA) is 282 Å². The Bertz CT molecular complexity index is 1620. The molecule has 19 heteroatoms. The molecule has 2 aromatic carbocycles.